The van der Waals surface area contributed by atoms with Gasteiger partial charge in [0, 0.05) is 0 Å². The van der Waals surface area contributed by atoms with E-state index >= 15 is 0 Å². The van der Waals surface area contributed by atoms with Crippen LogP contribution in [0.2, 0.25) is 0 Å². The number of thioether (sulfide) groups is 1. The first kappa shape index (κ1) is 25.3. The average molecular weight is 524 g/mol. The van der Waals surface area contributed by atoms with Gasteiger partial charge in [0.2, 0.25) is 0 Å². The van der Waals surface area contributed by atoms with E-state index in [1.807, 2.05) is 74.5 Å². The minimum absolute atomic E-state index is 0.224. The zero-order valence-electron chi connectivity index (χ0n) is 21.0. The molecule has 0 aromatic heterocycles. The van der Waals surface area contributed by atoms with Crippen LogP contribution in [0.4, 0.5) is 4.79 Å². The number of benzene rings is 4. The molecule has 5 rings (SSSR count). The zero-order chi connectivity index (χ0) is 26.6. The molecule has 1 aliphatic rings. The van der Waals surface area contributed by atoms with Gasteiger partial charge in [-0.3, -0.25) is 14.5 Å². The summed E-state index contributed by atoms with van der Waals surface area (Å²) in [6.45, 7) is 4.37. The van der Waals surface area contributed by atoms with Crippen LogP contribution >= 0.6 is 11.8 Å². The molecule has 1 aliphatic heterocycles. The van der Waals surface area contributed by atoms with Crippen molar-refractivity contribution in [3.63, 3.8) is 0 Å². The van der Waals surface area contributed by atoms with Gasteiger partial charge >= 0.3 is 5.97 Å². The van der Waals surface area contributed by atoms with Gasteiger partial charge in [-0.2, -0.15) is 0 Å². The topological polar surface area (TPSA) is 72.9 Å². The van der Waals surface area contributed by atoms with Crippen molar-refractivity contribution in [1.82, 2.24) is 4.90 Å². The molecule has 0 N–H and O–H groups in total. The second-order valence-corrected chi connectivity index (χ2v) is 9.74. The summed E-state index contributed by atoms with van der Waals surface area (Å²) in [6, 6.07) is 25.8. The molecule has 4 aromatic rings. The first-order valence-corrected chi connectivity index (χ1v) is 13.0. The smallest absolute Gasteiger partial charge is 0.344 e. The molecule has 2 amide bonds. The number of hydrogen-bond acceptors (Lipinski definition) is 6. The first-order valence-electron chi connectivity index (χ1n) is 12.2. The summed E-state index contributed by atoms with van der Waals surface area (Å²) in [5, 5.41) is 1.44. The maximum absolute atomic E-state index is 13.1. The van der Waals surface area contributed by atoms with E-state index in [-0.39, 0.29) is 23.4 Å². The van der Waals surface area contributed by atoms with Crippen molar-refractivity contribution >= 4 is 45.7 Å². The van der Waals surface area contributed by atoms with Crippen LogP contribution in [0.3, 0.4) is 0 Å². The summed E-state index contributed by atoms with van der Waals surface area (Å²) in [4.78, 5) is 40.3. The number of carbonyl (C=O) groups excluding carboxylic acids is 3. The van der Waals surface area contributed by atoms with Crippen molar-refractivity contribution in [3.8, 4) is 11.5 Å². The molecule has 4 aromatic carbocycles. The monoisotopic (exact) mass is 523 g/mol. The van der Waals surface area contributed by atoms with Gasteiger partial charge in [-0.1, -0.05) is 66.7 Å². The number of ether oxygens (including phenoxy) is 2. The van der Waals surface area contributed by atoms with Crippen molar-refractivity contribution in [2.75, 3.05) is 6.61 Å². The van der Waals surface area contributed by atoms with Crippen LogP contribution in [-0.2, 0) is 11.3 Å². The molecule has 0 aliphatic carbocycles. The number of hydrogen-bond donors (Lipinski definition) is 0. The van der Waals surface area contributed by atoms with Crippen LogP contribution in [0.5, 0.6) is 11.5 Å². The van der Waals surface area contributed by atoms with E-state index in [0.717, 1.165) is 33.7 Å². The molecule has 0 saturated carbocycles. The molecule has 0 radical (unpaired) electrons. The largest absolute Gasteiger partial charge is 0.490 e. The number of esters is 1. The van der Waals surface area contributed by atoms with Crippen molar-refractivity contribution in [2.45, 2.75) is 20.4 Å². The van der Waals surface area contributed by atoms with E-state index in [0.29, 0.717) is 28.4 Å². The SMILES string of the molecule is CCOc1cc(/C=C2\SC(=O)N(Cc3ccccc3C)C2=O)ccc1OC(=O)c1cccc2ccccc12. The summed E-state index contributed by atoms with van der Waals surface area (Å²) in [7, 11) is 0. The van der Waals surface area contributed by atoms with E-state index in [1.165, 1.54) is 4.90 Å². The standard InChI is InChI=1S/C31H25NO5S/c1-3-36-27-17-21(18-28-29(33)32(31(35)38-28)19-23-11-5-4-9-20(23)2)15-16-26(27)37-30(34)25-14-8-12-22-10-6-7-13-24(22)25/h4-18H,3,19H2,1-2H3/b28-18-. The van der Waals surface area contributed by atoms with Gasteiger partial charge in [-0.25, -0.2) is 4.79 Å². The Morgan fingerprint density at radius 1 is 0.921 bits per heavy atom. The summed E-state index contributed by atoms with van der Waals surface area (Å²) < 4.78 is 11.5. The predicted octanol–water partition coefficient (Wildman–Crippen LogP) is 7.00. The number of aryl methyl sites for hydroxylation is 1. The highest BCUT2D eigenvalue weighted by Gasteiger charge is 2.35. The molecule has 0 unspecified atom stereocenters. The van der Waals surface area contributed by atoms with E-state index in [9.17, 15) is 14.4 Å². The quantitative estimate of drug-likeness (QED) is 0.147. The van der Waals surface area contributed by atoms with Gasteiger partial charge in [-0.05, 0) is 77.3 Å². The Morgan fingerprint density at radius 2 is 1.68 bits per heavy atom. The fourth-order valence-electron chi connectivity index (χ4n) is 4.27. The minimum Gasteiger partial charge on any atom is -0.490 e. The third-order valence-corrected chi connectivity index (χ3v) is 7.15. The fourth-order valence-corrected chi connectivity index (χ4v) is 5.11. The van der Waals surface area contributed by atoms with Crippen LogP contribution in [0, 0.1) is 6.92 Å². The Hall–Kier alpha value is -4.36. The Morgan fingerprint density at radius 3 is 2.50 bits per heavy atom. The maximum atomic E-state index is 13.1. The van der Waals surface area contributed by atoms with Gasteiger partial charge in [0.05, 0.1) is 23.6 Å². The summed E-state index contributed by atoms with van der Waals surface area (Å²) >= 11 is 0.907. The third kappa shape index (κ3) is 5.19. The van der Waals surface area contributed by atoms with Gasteiger partial charge in [0.25, 0.3) is 11.1 Å². The Bertz CT molecular complexity index is 1590. The van der Waals surface area contributed by atoms with Gasteiger partial charge in [0.15, 0.2) is 11.5 Å². The molecule has 0 atom stereocenters. The highest BCUT2D eigenvalue weighted by molar-refractivity contribution is 8.18. The molecular formula is C31H25NO5S. The minimum atomic E-state index is -0.493. The zero-order valence-corrected chi connectivity index (χ0v) is 21.8. The lowest BCUT2D eigenvalue weighted by atomic mass is 10.0. The lowest BCUT2D eigenvalue weighted by Crippen LogP contribution is -2.27. The Balaban J connectivity index is 1.38. The summed E-state index contributed by atoms with van der Waals surface area (Å²) in [5.74, 6) is -0.191. The molecule has 1 heterocycles. The summed E-state index contributed by atoms with van der Waals surface area (Å²) in [6.07, 6.45) is 1.65. The Labute approximate surface area is 224 Å². The van der Waals surface area contributed by atoms with Gasteiger partial charge in [-0.15, -0.1) is 0 Å². The van der Waals surface area contributed by atoms with Crippen molar-refractivity contribution in [3.05, 3.63) is 112 Å². The maximum Gasteiger partial charge on any atom is 0.344 e. The number of imide groups is 1. The van der Waals surface area contributed by atoms with Crippen LogP contribution in [0.1, 0.15) is 34.0 Å². The highest BCUT2D eigenvalue weighted by atomic mass is 32.2. The number of rotatable bonds is 7. The van der Waals surface area contributed by atoms with E-state index in [2.05, 4.69) is 0 Å². The van der Waals surface area contributed by atoms with E-state index < -0.39 is 5.97 Å². The third-order valence-electron chi connectivity index (χ3n) is 6.24. The summed E-state index contributed by atoms with van der Waals surface area (Å²) in [5.41, 5.74) is 3.05. The van der Waals surface area contributed by atoms with Gasteiger partial charge in [0.1, 0.15) is 0 Å². The molecule has 1 saturated heterocycles. The number of fused-ring (bicyclic) bond motifs is 1. The molecule has 6 nitrogen and oxygen atoms in total. The highest BCUT2D eigenvalue weighted by Crippen LogP contribution is 2.36. The molecule has 0 bridgehead atoms. The number of nitrogens with zero attached hydrogens (tertiary/aromatic N) is 1. The molecular weight excluding hydrogens is 498 g/mol. The van der Waals surface area contributed by atoms with Gasteiger partial charge < -0.3 is 9.47 Å². The second-order valence-electron chi connectivity index (χ2n) is 8.75. The second kappa shape index (κ2) is 10.9. The van der Waals surface area contributed by atoms with Crippen LogP contribution in [0.15, 0.2) is 89.8 Å². The normalized spacial score (nSPS) is 14.4. The van der Waals surface area contributed by atoms with E-state index in [4.69, 9.17) is 9.47 Å². The van der Waals surface area contributed by atoms with Crippen LogP contribution < -0.4 is 9.47 Å². The molecule has 0 spiro atoms. The Kier molecular flexibility index (Phi) is 7.29. The predicted molar refractivity (Wildman–Crippen MR) is 149 cm³/mol. The molecule has 7 heteroatoms. The van der Waals surface area contributed by atoms with Crippen molar-refractivity contribution in [2.24, 2.45) is 0 Å². The van der Waals surface area contributed by atoms with Crippen molar-refractivity contribution < 1.29 is 23.9 Å². The number of carbonyl (C=O) groups is 3. The molecule has 1 fully saturated rings. The van der Waals surface area contributed by atoms with Crippen LogP contribution in [-0.4, -0.2) is 28.6 Å². The fraction of sp³-hybridized carbons (Fsp3) is 0.129. The molecule has 190 valence electrons. The van der Waals surface area contributed by atoms with Crippen LogP contribution in [0.25, 0.3) is 16.8 Å². The lowest BCUT2D eigenvalue weighted by molar-refractivity contribution is -0.123. The average Bonchev–Trinajstić information content (AvgIpc) is 3.18. The van der Waals surface area contributed by atoms with Crippen molar-refractivity contribution in [1.29, 1.82) is 0 Å². The lowest BCUT2D eigenvalue weighted by Gasteiger charge is -2.14. The molecule has 38 heavy (non-hydrogen) atoms. The number of amides is 2. The van der Waals surface area contributed by atoms with E-state index in [1.54, 1.807) is 30.3 Å². The first-order chi connectivity index (χ1) is 18.4.